The second kappa shape index (κ2) is 9.04. The zero-order valence-electron chi connectivity index (χ0n) is 17.2. The molecule has 12 heteroatoms. The number of fused-ring (bicyclic) bond motifs is 1. The Balaban J connectivity index is 2.00. The summed E-state index contributed by atoms with van der Waals surface area (Å²) >= 11 is 0. The summed E-state index contributed by atoms with van der Waals surface area (Å²) in [4.78, 5) is 27.6. The molecule has 0 aliphatic heterocycles. The lowest BCUT2D eigenvalue weighted by molar-refractivity contribution is -0.137. The standard InChI is InChI=1S/C20H20N6O5S/c1-3-25(2)32(30,31)24-18-6-4-5-17(15(18)10-21)23-13-7-8-16-14(9-13)20(29)26(12-22-16)11-19(27)28/h4-9,12,23-24H,3,11H2,1-2H3,(H,27,28). The molecule has 1 aromatic heterocycles. The minimum absolute atomic E-state index is 0.0650. The topological polar surface area (TPSA) is 157 Å². The van der Waals surface area contributed by atoms with Gasteiger partial charge in [0.1, 0.15) is 12.6 Å². The van der Waals surface area contributed by atoms with Gasteiger partial charge in [-0.25, -0.2) is 4.98 Å². The number of rotatable bonds is 8. The van der Waals surface area contributed by atoms with Gasteiger partial charge in [0.2, 0.25) is 0 Å². The van der Waals surface area contributed by atoms with Crippen LogP contribution in [-0.4, -0.2) is 46.9 Å². The molecule has 0 saturated carbocycles. The van der Waals surface area contributed by atoms with Gasteiger partial charge in [-0.15, -0.1) is 0 Å². The predicted molar refractivity (Wildman–Crippen MR) is 119 cm³/mol. The van der Waals surface area contributed by atoms with E-state index in [0.717, 1.165) is 8.87 Å². The lowest BCUT2D eigenvalue weighted by atomic mass is 10.1. The van der Waals surface area contributed by atoms with Gasteiger partial charge in [-0.3, -0.25) is 18.9 Å². The third kappa shape index (κ3) is 4.69. The number of carboxylic acids is 1. The fourth-order valence-electron chi connectivity index (χ4n) is 2.90. The van der Waals surface area contributed by atoms with Gasteiger partial charge in [0, 0.05) is 19.3 Å². The largest absolute Gasteiger partial charge is 0.480 e. The Labute approximate surface area is 183 Å². The van der Waals surface area contributed by atoms with Crippen LogP contribution >= 0.6 is 0 Å². The molecule has 166 valence electrons. The van der Waals surface area contributed by atoms with Gasteiger partial charge in [0.15, 0.2) is 0 Å². The summed E-state index contributed by atoms with van der Waals surface area (Å²) in [6, 6.07) is 11.3. The normalized spacial score (nSPS) is 11.3. The summed E-state index contributed by atoms with van der Waals surface area (Å²) in [5.41, 5.74) is 0.782. The minimum atomic E-state index is -3.83. The molecular formula is C20H20N6O5S. The molecule has 0 bridgehead atoms. The highest BCUT2D eigenvalue weighted by atomic mass is 32.2. The molecule has 11 nitrogen and oxygen atoms in total. The zero-order chi connectivity index (χ0) is 23.5. The van der Waals surface area contributed by atoms with Gasteiger partial charge < -0.3 is 10.4 Å². The van der Waals surface area contributed by atoms with Crippen molar-refractivity contribution in [1.29, 1.82) is 5.26 Å². The zero-order valence-corrected chi connectivity index (χ0v) is 18.0. The van der Waals surface area contributed by atoms with E-state index in [4.69, 9.17) is 5.11 Å². The second-order valence-electron chi connectivity index (χ2n) is 6.79. The van der Waals surface area contributed by atoms with Crippen molar-refractivity contribution in [3.63, 3.8) is 0 Å². The van der Waals surface area contributed by atoms with Crippen molar-refractivity contribution < 1.29 is 18.3 Å². The lowest BCUT2D eigenvalue weighted by Crippen LogP contribution is -2.32. The summed E-state index contributed by atoms with van der Waals surface area (Å²) in [7, 11) is -2.42. The molecule has 3 N–H and O–H groups in total. The number of benzene rings is 2. The number of anilines is 3. The highest BCUT2D eigenvalue weighted by Crippen LogP contribution is 2.28. The predicted octanol–water partition coefficient (Wildman–Crippen LogP) is 1.70. The summed E-state index contributed by atoms with van der Waals surface area (Å²) in [5.74, 6) is -1.17. The highest BCUT2D eigenvalue weighted by molar-refractivity contribution is 7.90. The summed E-state index contributed by atoms with van der Waals surface area (Å²) < 4.78 is 29.2. The molecule has 0 saturated heterocycles. The molecule has 0 aliphatic rings. The first-order valence-corrected chi connectivity index (χ1v) is 10.9. The molecule has 1 heterocycles. The number of hydrogen-bond donors (Lipinski definition) is 3. The van der Waals surface area contributed by atoms with Crippen molar-refractivity contribution in [3.8, 4) is 6.07 Å². The fraction of sp³-hybridized carbons (Fsp3) is 0.200. The highest BCUT2D eigenvalue weighted by Gasteiger charge is 2.19. The van der Waals surface area contributed by atoms with Crippen LogP contribution in [0.5, 0.6) is 0 Å². The maximum atomic E-state index is 12.6. The third-order valence-electron chi connectivity index (χ3n) is 4.68. The van der Waals surface area contributed by atoms with Gasteiger partial charge >= 0.3 is 16.2 Å². The third-order valence-corrected chi connectivity index (χ3v) is 6.24. The van der Waals surface area contributed by atoms with E-state index in [9.17, 15) is 23.3 Å². The smallest absolute Gasteiger partial charge is 0.323 e. The van der Waals surface area contributed by atoms with E-state index in [2.05, 4.69) is 15.0 Å². The van der Waals surface area contributed by atoms with Crippen molar-refractivity contribution in [2.45, 2.75) is 13.5 Å². The Morgan fingerprint density at radius 1 is 1.28 bits per heavy atom. The SMILES string of the molecule is CCN(C)S(=O)(=O)Nc1cccc(Nc2ccc3ncn(CC(=O)O)c(=O)c3c2)c1C#N. The quantitative estimate of drug-likeness (QED) is 0.462. The molecule has 0 unspecified atom stereocenters. The number of nitrogens with zero attached hydrogens (tertiary/aromatic N) is 4. The molecule has 0 fully saturated rings. The number of aromatic nitrogens is 2. The van der Waals surface area contributed by atoms with Crippen LogP contribution in [0.2, 0.25) is 0 Å². The van der Waals surface area contributed by atoms with Crippen molar-refractivity contribution in [2.24, 2.45) is 0 Å². The van der Waals surface area contributed by atoms with Gasteiger partial charge in [-0.05, 0) is 30.3 Å². The van der Waals surface area contributed by atoms with Crippen LogP contribution < -0.4 is 15.6 Å². The molecular weight excluding hydrogens is 436 g/mol. The molecule has 0 aliphatic carbocycles. The van der Waals surface area contributed by atoms with Gasteiger partial charge in [-0.1, -0.05) is 13.0 Å². The summed E-state index contributed by atoms with van der Waals surface area (Å²) in [6.45, 7) is 1.41. The van der Waals surface area contributed by atoms with Crippen molar-refractivity contribution >= 4 is 44.1 Å². The van der Waals surface area contributed by atoms with Gasteiger partial charge in [-0.2, -0.15) is 18.0 Å². The Morgan fingerprint density at radius 3 is 2.66 bits per heavy atom. The maximum absolute atomic E-state index is 12.6. The molecule has 0 spiro atoms. The van der Waals surface area contributed by atoms with E-state index in [1.54, 1.807) is 31.2 Å². The maximum Gasteiger partial charge on any atom is 0.323 e. The van der Waals surface area contributed by atoms with Crippen LogP contribution in [0.25, 0.3) is 10.9 Å². The van der Waals surface area contributed by atoms with Crippen LogP contribution in [0.15, 0.2) is 47.5 Å². The Hall–Kier alpha value is -3.95. The van der Waals surface area contributed by atoms with E-state index < -0.39 is 28.3 Å². The van der Waals surface area contributed by atoms with Crippen LogP contribution in [0, 0.1) is 11.3 Å². The number of carbonyl (C=O) groups is 1. The summed E-state index contributed by atoms with van der Waals surface area (Å²) in [6.07, 6.45) is 1.17. The number of nitrogens with one attached hydrogen (secondary N) is 2. The van der Waals surface area contributed by atoms with Crippen LogP contribution in [-0.2, 0) is 21.5 Å². The van der Waals surface area contributed by atoms with E-state index >= 15 is 0 Å². The molecule has 3 aromatic rings. The number of carboxylic acid groups (broad SMARTS) is 1. The van der Waals surface area contributed by atoms with Crippen molar-refractivity contribution in [2.75, 3.05) is 23.6 Å². The second-order valence-corrected chi connectivity index (χ2v) is 8.57. The molecule has 2 aromatic carbocycles. The molecule has 32 heavy (non-hydrogen) atoms. The molecule has 3 rings (SSSR count). The lowest BCUT2D eigenvalue weighted by Gasteiger charge is -2.18. The van der Waals surface area contributed by atoms with E-state index in [1.165, 1.54) is 25.5 Å². The number of nitriles is 1. The van der Waals surface area contributed by atoms with E-state index in [0.29, 0.717) is 16.9 Å². The average Bonchev–Trinajstić information content (AvgIpc) is 2.75. The van der Waals surface area contributed by atoms with E-state index in [-0.39, 0.29) is 23.2 Å². The monoisotopic (exact) mass is 456 g/mol. The first-order chi connectivity index (χ1) is 15.2. The van der Waals surface area contributed by atoms with Gasteiger partial charge in [0.05, 0.1) is 34.2 Å². The van der Waals surface area contributed by atoms with Crippen LogP contribution in [0.1, 0.15) is 12.5 Å². The fourth-order valence-corrected chi connectivity index (χ4v) is 3.84. The average molecular weight is 456 g/mol. The summed E-state index contributed by atoms with van der Waals surface area (Å²) in [5, 5.41) is 21.8. The van der Waals surface area contributed by atoms with Crippen molar-refractivity contribution in [3.05, 3.63) is 58.6 Å². The Morgan fingerprint density at radius 2 is 2.00 bits per heavy atom. The Bertz CT molecular complexity index is 1390. The van der Waals surface area contributed by atoms with E-state index in [1.807, 2.05) is 6.07 Å². The first-order valence-electron chi connectivity index (χ1n) is 9.41. The Kier molecular flexibility index (Phi) is 6.42. The first kappa shape index (κ1) is 22.7. The van der Waals surface area contributed by atoms with Gasteiger partial charge in [0.25, 0.3) is 5.56 Å². The van der Waals surface area contributed by atoms with Crippen molar-refractivity contribution in [1.82, 2.24) is 13.9 Å². The molecule has 0 amide bonds. The number of hydrogen-bond acceptors (Lipinski definition) is 7. The van der Waals surface area contributed by atoms with Crippen LogP contribution in [0.3, 0.4) is 0 Å². The minimum Gasteiger partial charge on any atom is -0.480 e. The molecule has 0 atom stereocenters. The molecule has 0 radical (unpaired) electrons. The van der Waals surface area contributed by atoms with Crippen LogP contribution in [0.4, 0.5) is 17.1 Å². The number of aliphatic carboxylic acids is 1.